The van der Waals surface area contributed by atoms with Gasteiger partial charge < -0.3 is 5.11 Å². The van der Waals surface area contributed by atoms with E-state index in [0.717, 1.165) is 4.57 Å². The minimum atomic E-state index is -2.55. The summed E-state index contributed by atoms with van der Waals surface area (Å²) >= 11 is 0. The van der Waals surface area contributed by atoms with Crippen molar-refractivity contribution in [2.45, 2.75) is 13.0 Å². The van der Waals surface area contributed by atoms with Crippen LogP contribution in [0, 0.1) is 0 Å². The maximum absolute atomic E-state index is 12.4. The zero-order valence-electron chi connectivity index (χ0n) is 10.8. The van der Waals surface area contributed by atoms with E-state index >= 15 is 0 Å². The highest BCUT2D eigenvalue weighted by molar-refractivity contribution is 5.02. The van der Waals surface area contributed by atoms with Gasteiger partial charge in [0.05, 0.1) is 13.2 Å². The highest BCUT2D eigenvalue weighted by Gasteiger charge is 2.14. The Bertz CT molecular complexity index is 539. The third-order valence-corrected chi connectivity index (χ3v) is 2.82. The molecule has 1 rings (SSSR count). The molecule has 0 atom stereocenters. The number of hydrogen-bond donors (Lipinski definition) is 1. The van der Waals surface area contributed by atoms with Crippen molar-refractivity contribution >= 4 is 0 Å². The van der Waals surface area contributed by atoms with Crippen LogP contribution in [-0.4, -0.2) is 45.3 Å². The first-order valence-electron chi connectivity index (χ1n) is 5.74. The van der Waals surface area contributed by atoms with Gasteiger partial charge in [0.1, 0.15) is 0 Å². The summed E-state index contributed by atoms with van der Waals surface area (Å²) in [6.07, 6.45) is -2.55. The SMILES string of the molecule is Cn1c(CN(CCO)CC(F)F)cc(=O)n(C)c1=O. The van der Waals surface area contributed by atoms with E-state index in [1.54, 1.807) is 0 Å². The minimum Gasteiger partial charge on any atom is -0.395 e. The van der Waals surface area contributed by atoms with Crippen molar-refractivity contribution in [2.75, 3.05) is 19.7 Å². The van der Waals surface area contributed by atoms with E-state index in [1.165, 1.54) is 29.6 Å². The number of aromatic nitrogens is 2. The zero-order valence-corrected chi connectivity index (χ0v) is 10.8. The van der Waals surface area contributed by atoms with Gasteiger partial charge in [0, 0.05) is 38.9 Å². The number of hydrogen-bond acceptors (Lipinski definition) is 4. The van der Waals surface area contributed by atoms with Gasteiger partial charge in [-0.1, -0.05) is 0 Å². The van der Waals surface area contributed by atoms with Crippen molar-refractivity contribution in [3.05, 3.63) is 32.6 Å². The van der Waals surface area contributed by atoms with Crippen molar-refractivity contribution in [1.82, 2.24) is 14.0 Å². The molecular formula is C11H17F2N3O3. The van der Waals surface area contributed by atoms with Crippen LogP contribution in [0.1, 0.15) is 5.69 Å². The van der Waals surface area contributed by atoms with Gasteiger partial charge in [-0.3, -0.25) is 18.8 Å². The van der Waals surface area contributed by atoms with Gasteiger partial charge >= 0.3 is 5.69 Å². The van der Waals surface area contributed by atoms with Crippen molar-refractivity contribution in [3.8, 4) is 0 Å². The molecule has 0 aromatic carbocycles. The van der Waals surface area contributed by atoms with E-state index in [2.05, 4.69) is 0 Å². The molecule has 1 heterocycles. The molecule has 19 heavy (non-hydrogen) atoms. The molecule has 6 nitrogen and oxygen atoms in total. The third kappa shape index (κ3) is 3.97. The molecule has 1 N–H and O–H groups in total. The van der Waals surface area contributed by atoms with Gasteiger partial charge in [-0.2, -0.15) is 0 Å². The van der Waals surface area contributed by atoms with Crippen LogP contribution in [0.3, 0.4) is 0 Å². The summed E-state index contributed by atoms with van der Waals surface area (Å²) in [5, 5.41) is 8.83. The first kappa shape index (κ1) is 15.5. The van der Waals surface area contributed by atoms with Gasteiger partial charge in [-0.05, 0) is 0 Å². The molecule has 0 unspecified atom stereocenters. The molecule has 0 radical (unpaired) electrons. The highest BCUT2D eigenvalue weighted by atomic mass is 19.3. The fourth-order valence-electron chi connectivity index (χ4n) is 1.73. The molecule has 0 fully saturated rings. The molecule has 0 saturated heterocycles. The molecule has 0 spiro atoms. The van der Waals surface area contributed by atoms with Crippen LogP contribution in [-0.2, 0) is 20.6 Å². The quantitative estimate of drug-likeness (QED) is 0.735. The van der Waals surface area contributed by atoms with Gasteiger partial charge in [0.15, 0.2) is 0 Å². The normalized spacial score (nSPS) is 11.5. The number of rotatable bonds is 6. The molecule has 0 saturated carbocycles. The lowest BCUT2D eigenvalue weighted by molar-refractivity contribution is 0.0733. The smallest absolute Gasteiger partial charge is 0.330 e. The predicted molar refractivity (Wildman–Crippen MR) is 65.3 cm³/mol. The predicted octanol–water partition coefficient (Wildman–Crippen LogP) is -0.857. The molecule has 108 valence electrons. The third-order valence-electron chi connectivity index (χ3n) is 2.82. The average molecular weight is 277 g/mol. The Morgan fingerprint density at radius 2 is 1.95 bits per heavy atom. The lowest BCUT2D eigenvalue weighted by atomic mass is 10.3. The largest absolute Gasteiger partial charge is 0.395 e. The van der Waals surface area contributed by atoms with E-state index in [-0.39, 0.29) is 19.7 Å². The molecule has 0 bridgehead atoms. The van der Waals surface area contributed by atoms with Crippen molar-refractivity contribution < 1.29 is 13.9 Å². The van der Waals surface area contributed by atoms with E-state index < -0.39 is 24.2 Å². The first-order chi connectivity index (χ1) is 8.86. The van der Waals surface area contributed by atoms with Crippen LogP contribution < -0.4 is 11.2 Å². The number of alkyl halides is 2. The molecular weight excluding hydrogens is 260 g/mol. The minimum absolute atomic E-state index is 0.00667. The fraction of sp³-hybridized carbons (Fsp3) is 0.636. The Morgan fingerprint density at radius 3 is 2.47 bits per heavy atom. The fourth-order valence-corrected chi connectivity index (χ4v) is 1.73. The lowest BCUT2D eigenvalue weighted by Gasteiger charge is -2.22. The summed E-state index contributed by atoms with van der Waals surface area (Å²) in [5.41, 5.74) is -0.662. The maximum atomic E-state index is 12.4. The molecule has 1 aromatic rings. The van der Waals surface area contributed by atoms with Crippen LogP contribution in [0.4, 0.5) is 8.78 Å². The number of aliphatic hydroxyl groups excluding tert-OH is 1. The highest BCUT2D eigenvalue weighted by Crippen LogP contribution is 2.03. The Hall–Kier alpha value is -1.54. The summed E-state index contributed by atoms with van der Waals surface area (Å²) in [4.78, 5) is 24.5. The summed E-state index contributed by atoms with van der Waals surface area (Å²) in [6.45, 7) is -0.740. The number of aliphatic hydroxyl groups is 1. The summed E-state index contributed by atoms with van der Waals surface area (Å²) in [5.74, 6) is 0. The summed E-state index contributed by atoms with van der Waals surface area (Å²) < 4.78 is 26.9. The van der Waals surface area contributed by atoms with Gasteiger partial charge in [0.2, 0.25) is 0 Å². The van der Waals surface area contributed by atoms with Gasteiger partial charge in [-0.15, -0.1) is 0 Å². The monoisotopic (exact) mass is 277 g/mol. The van der Waals surface area contributed by atoms with Crippen LogP contribution in [0.2, 0.25) is 0 Å². The lowest BCUT2D eigenvalue weighted by Crippen LogP contribution is -2.40. The summed E-state index contributed by atoms with van der Waals surface area (Å²) in [7, 11) is 2.82. The topological polar surface area (TPSA) is 67.5 Å². The zero-order chi connectivity index (χ0) is 14.6. The maximum Gasteiger partial charge on any atom is 0.330 e. The Kier molecular flexibility index (Phi) is 5.37. The van der Waals surface area contributed by atoms with Gasteiger partial charge in [-0.25, -0.2) is 13.6 Å². The Balaban J connectivity index is 3.03. The van der Waals surface area contributed by atoms with E-state index in [0.29, 0.717) is 5.69 Å². The molecule has 8 heteroatoms. The molecule has 0 aliphatic heterocycles. The van der Waals surface area contributed by atoms with Crippen LogP contribution in [0.25, 0.3) is 0 Å². The van der Waals surface area contributed by atoms with Crippen LogP contribution in [0.15, 0.2) is 15.7 Å². The number of nitrogens with zero attached hydrogens (tertiary/aromatic N) is 3. The van der Waals surface area contributed by atoms with Crippen molar-refractivity contribution in [2.24, 2.45) is 14.1 Å². The summed E-state index contributed by atoms with van der Waals surface area (Å²) in [6, 6.07) is 1.23. The standard InChI is InChI=1S/C11H17F2N3O3/c1-14-8(5-10(18)15(2)11(14)19)6-16(3-4-17)7-9(12)13/h5,9,17H,3-4,6-7H2,1-2H3. The van der Waals surface area contributed by atoms with E-state index in [4.69, 9.17) is 5.11 Å². The van der Waals surface area contributed by atoms with Crippen LogP contribution >= 0.6 is 0 Å². The molecule has 0 amide bonds. The second-order valence-corrected chi connectivity index (χ2v) is 4.22. The molecule has 0 aliphatic rings. The Labute approximate surface area is 108 Å². The number of halogens is 2. The van der Waals surface area contributed by atoms with Crippen LogP contribution in [0.5, 0.6) is 0 Å². The first-order valence-corrected chi connectivity index (χ1v) is 5.74. The second-order valence-electron chi connectivity index (χ2n) is 4.22. The Morgan fingerprint density at radius 1 is 1.32 bits per heavy atom. The second kappa shape index (κ2) is 6.58. The molecule has 1 aromatic heterocycles. The molecule has 0 aliphatic carbocycles. The van der Waals surface area contributed by atoms with Crippen molar-refractivity contribution in [1.29, 1.82) is 0 Å². The van der Waals surface area contributed by atoms with E-state index in [1.807, 2.05) is 0 Å². The van der Waals surface area contributed by atoms with E-state index in [9.17, 15) is 18.4 Å². The average Bonchev–Trinajstić information content (AvgIpc) is 2.33. The van der Waals surface area contributed by atoms with Gasteiger partial charge in [0.25, 0.3) is 12.0 Å². The van der Waals surface area contributed by atoms with Crippen molar-refractivity contribution in [3.63, 3.8) is 0 Å².